The zero-order chi connectivity index (χ0) is 16.9. The fourth-order valence-electron chi connectivity index (χ4n) is 2.90. The average molecular weight is 324 g/mol. The monoisotopic (exact) mass is 324 g/mol. The van der Waals surface area contributed by atoms with E-state index < -0.39 is 0 Å². The van der Waals surface area contributed by atoms with E-state index in [-0.39, 0.29) is 6.10 Å². The lowest BCUT2D eigenvalue weighted by molar-refractivity contribution is 0.204. The summed E-state index contributed by atoms with van der Waals surface area (Å²) in [5.41, 5.74) is 2.91. The molecule has 24 heavy (non-hydrogen) atoms. The van der Waals surface area contributed by atoms with Crippen LogP contribution in [0.2, 0.25) is 0 Å². The molecule has 1 N–H and O–H groups in total. The van der Waals surface area contributed by atoms with E-state index in [9.17, 15) is 0 Å². The van der Waals surface area contributed by atoms with Gasteiger partial charge in [0.25, 0.3) is 0 Å². The number of hydrogen-bond acceptors (Lipinski definition) is 5. The zero-order valence-electron chi connectivity index (χ0n) is 13.8. The van der Waals surface area contributed by atoms with E-state index in [2.05, 4.69) is 11.4 Å². The van der Waals surface area contributed by atoms with Crippen LogP contribution in [0, 0.1) is 11.3 Å². The van der Waals surface area contributed by atoms with Gasteiger partial charge in [-0.25, -0.2) is 0 Å². The summed E-state index contributed by atoms with van der Waals surface area (Å²) in [5.74, 6) is 2.17. The van der Waals surface area contributed by atoms with Gasteiger partial charge in [-0.3, -0.25) is 0 Å². The predicted molar refractivity (Wildman–Crippen MR) is 90.6 cm³/mol. The van der Waals surface area contributed by atoms with Crippen LogP contribution in [0.3, 0.4) is 0 Å². The molecule has 0 spiro atoms. The van der Waals surface area contributed by atoms with Gasteiger partial charge in [-0.15, -0.1) is 0 Å². The van der Waals surface area contributed by atoms with Crippen LogP contribution in [0.1, 0.15) is 22.8 Å². The first-order valence-corrected chi connectivity index (χ1v) is 7.87. The van der Waals surface area contributed by atoms with Gasteiger partial charge >= 0.3 is 0 Å². The minimum Gasteiger partial charge on any atom is -0.493 e. The second-order valence-electron chi connectivity index (χ2n) is 5.60. The summed E-state index contributed by atoms with van der Waals surface area (Å²) in [6, 6.07) is 13.3. The van der Waals surface area contributed by atoms with Crippen LogP contribution in [0.4, 0.5) is 0 Å². The van der Waals surface area contributed by atoms with Gasteiger partial charge in [0.05, 0.1) is 25.9 Å². The molecule has 0 saturated heterocycles. The van der Waals surface area contributed by atoms with Gasteiger partial charge in [-0.05, 0) is 54.9 Å². The van der Waals surface area contributed by atoms with E-state index in [4.69, 9.17) is 19.5 Å². The standard InChI is InChI=1S/C19H20N2O3/c1-22-17-9-14-7-8-21-12-19(16(14)10-18(17)23-2)24-15-5-3-13(11-20)4-6-15/h3-6,9-10,19,21H,7-8,12H2,1-2H3. The topological polar surface area (TPSA) is 63.5 Å². The lowest BCUT2D eigenvalue weighted by Crippen LogP contribution is -2.23. The van der Waals surface area contributed by atoms with E-state index in [1.54, 1.807) is 26.4 Å². The minimum absolute atomic E-state index is 0.129. The Morgan fingerprint density at radius 3 is 2.46 bits per heavy atom. The number of fused-ring (bicyclic) bond motifs is 1. The molecule has 0 amide bonds. The summed E-state index contributed by atoms with van der Waals surface area (Å²) in [7, 11) is 3.28. The summed E-state index contributed by atoms with van der Waals surface area (Å²) >= 11 is 0. The number of nitrogens with zero attached hydrogens (tertiary/aromatic N) is 1. The Bertz CT molecular complexity index is 750. The fraction of sp³-hybridized carbons (Fsp3) is 0.316. The summed E-state index contributed by atoms with van der Waals surface area (Å²) < 4.78 is 17.0. The summed E-state index contributed by atoms with van der Waals surface area (Å²) in [5, 5.41) is 12.3. The Morgan fingerprint density at radius 2 is 1.79 bits per heavy atom. The van der Waals surface area contributed by atoms with Crippen molar-refractivity contribution in [1.82, 2.24) is 5.32 Å². The van der Waals surface area contributed by atoms with Crippen molar-refractivity contribution >= 4 is 0 Å². The van der Waals surface area contributed by atoms with Crippen molar-refractivity contribution in [3.05, 3.63) is 53.1 Å². The number of nitrogens with one attached hydrogen (secondary N) is 1. The maximum Gasteiger partial charge on any atom is 0.161 e. The molecule has 2 aromatic carbocycles. The Balaban J connectivity index is 1.93. The fourth-order valence-corrected chi connectivity index (χ4v) is 2.90. The van der Waals surface area contributed by atoms with Gasteiger partial charge in [0, 0.05) is 12.1 Å². The average Bonchev–Trinajstić information content (AvgIpc) is 2.83. The maximum atomic E-state index is 8.90. The molecule has 0 bridgehead atoms. The van der Waals surface area contributed by atoms with Crippen molar-refractivity contribution < 1.29 is 14.2 Å². The molecule has 5 heteroatoms. The van der Waals surface area contributed by atoms with Crippen LogP contribution in [0.5, 0.6) is 17.2 Å². The van der Waals surface area contributed by atoms with Crippen LogP contribution >= 0.6 is 0 Å². The molecular formula is C19H20N2O3. The van der Waals surface area contributed by atoms with Crippen molar-refractivity contribution in [2.75, 3.05) is 27.3 Å². The highest BCUT2D eigenvalue weighted by molar-refractivity contribution is 5.49. The Morgan fingerprint density at radius 1 is 1.08 bits per heavy atom. The van der Waals surface area contributed by atoms with Crippen LogP contribution in [0.25, 0.3) is 0 Å². The van der Waals surface area contributed by atoms with Crippen molar-refractivity contribution in [1.29, 1.82) is 5.26 Å². The molecule has 0 radical (unpaired) electrons. The summed E-state index contributed by atoms with van der Waals surface area (Å²) in [6.45, 7) is 1.60. The van der Waals surface area contributed by atoms with Gasteiger partial charge < -0.3 is 19.5 Å². The highest BCUT2D eigenvalue weighted by Crippen LogP contribution is 2.35. The first kappa shape index (κ1) is 16.2. The van der Waals surface area contributed by atoms with Crippen molar-refractivity contribution in [2.24, 2.45) is 0 Å². The molecule has 2 aromatic rings. The lowest BCUT2D eigenvalue weighted by Gasteiger charge is -2.21. The van der Waals surface area contributed by atoms with Gasteiger partial charge in [-0.2, -0.15) is 5.26 Å². The second-order valence-corrected chi connectivity index (χ2v) is 5.60. The zero-order valence-corrected chi connectivity index (χ0v) is 13.8. The number of rotatable bonds is 4. The highest BCUT2D eigenvalue weighted by Gasteiger charge is 2.23. The third-order valence-electron chi connectivity index (χ3n) is 4.15. The van der Waals surface area contributed by atoms with E-state index in [0.29, 0.717) is 17.9 Å². The Kier molecular flexibility index (Phi) is 4.88. The minimum atomic E-state index is -0.129. The third kappa shape index (κ3) is 3.29. The normalized spacial score (nSPS) is 16.5. The Hall–Kier alpha value is -2.71. The smallest absolute Gasteiger partial charge is 0.161 e. The molecule has 3 rings (SSSR count). The Labute approximate surface area is 141 Å². The maximum absolute atomic E-state index is 8.90. The van der Waals surface area contributed by atoms with Gasteiger partial charge in [-0.1, -0.05) is 0 Å². The quantitative estimate of drug-likeness (QED) is 0.937. The highest BCUT2D eigenvalue weighted by atomic mass is 16.5. The third-order valence-corrected chi connectivity index (χ3v) is 4.15. The molecule has 0 aliphatic carbocycles. The van der Waals surface area contributed by atoms with Crippen molar-refractivity contribution in [3.8, 4) is 23.3 Å². The molecule has 1 aliphatic heterocycles. The van der Waals surface area contributed by atoms with Crippen LogP contribution < -0.4 is 19.5 Å². The van der Waals surface area contributed by atoms with E-state index in [1.807, 2.05) is 24.3 Å². The molecule has 0 fully saturated rings. The number of nitriles is 1. The van der Waals surface area contributed by atoms with Crippen LogP contribution in [0.15, 0.2) is 36.4 Å². The molecule has 1 heterocycles. The number of hydrogen-bond donors (Lipinski definition) is 1. The lowest BCUT2D eigenvalue weighted by atomic mass is 10.00. The molecule has 1 aliphatic rings. The molecule has 1 unspecified atom stereocenters. The first-order valence-electron chi connectivity index (χ1n) is 7.87. The van der Waals surface area contributed by atoms with Crippen molar-refractivity contribution in [2.45, 2.75) is 12.5 Å². The van der Waals surface area contributed by atoms with Crippen LogP contribution in [-0.4, -0.2) is 27.3 Å². The van der Waals surface area contributed by atoms with E-state index in [1.165, 1.54) is 5.56 Å². The second kappa shape index (κ2) is 7.24. The summed E-state index contributed by atoms with van der Waals surface area (Å²) in [4.78, 5) is 0. The predicted octanol–water partition coefficient (Wildman–Crippen LogP) is 2.84. The molecule has 0 saturated carbocycles. The number of benzene rings is 2. The van der Waals surface area contributed by atoms with E-state index >= 15 is 0 Å². The van der Waals surface area contributed by atoms with E-state index in [0.717, 1.165) is 30.0 Å². The molecule has 0 aromatic heterocycles. The molecule has 1 atom stereocenters. The van der Waals surface area contributed by atoms with Crippen molar-refractivity contribution in [3.63, 3.8) is 0 Å². The molecule has 124 valence electrons. The first-order chi connectivity index (χ1) is 11.7. The largest absolute Gasteiger partial charge is 0.493 e. The number of methoxy groups -OCH3 is 2. The summed E-state index contributed by atoms with van der Waals surface area (Å²) in [6.07, 6.45) is 0.776. The molecular weight excluding hydrogens is 304 g/mol. The van der Waals surface area contributed by atoms with Gasteiger partial charge in [0.15, 0.2) is 11.5 Å². The molecule has 5 nitrogen and oxygen atoms in total. The SMILES string of the molecule is COc1cc2c(cc1OC)C(Oc1ccc(C#N)cc1)CNCC2. The number of ether oxygens (including phenoxy) is 3. The van der Waals surface area contributed by atoms with Gasteiger partial charge in [0.2, 0.25) is 0 Å². The van der Waals surface area contributed by atoms with Gasteiger partial charge in [0.1, 0.15) is 11.9 Å². The van der Waals surface area contributed by atoms with Crippen LogP contribution in [-0.2, 0) is 6.42 Å².